The largest absolute Gasteiger partial charge is 0.442 e. The molecular weight excluding hydrogens is 375 g/mol. The number of hydrogen-bond donors (Lipinski definition) is 3. The smallest absolute Gasteiger partial charge is 0.352 e. The molecule has 0 bridgehead atoms. The number of nitrogens with two attached hydrogens (primary N) is 1. The first kappa shape index (κ1) is 21.6. The summed E-state index contributed by atoms with van der Waals surface area (Å²) in [5.41, 5.74) is 2.70. The van der Waals surface area contributed by atoms with Gasteiger partial charge in [0.05, 0.1) is 0 Å². The van der Waals surface area contributed by atoms with E-state index in [2.05, 4.69) is 20.9 Å². The number of carbonyl (C=O) groups is 2. The lowest BCUT2D eigenvalue weighted by atomic mass is 10.0. The highest BCUT2D eigenvalue weighted by atomic mass is 19.4. The highest BCUT2D eigenvalue weighted by Crippen LogP contribution is 2.52. The van der Waals surface area contributed by atoms with Gasteiger partial charge in [-0.25, -0.2) is 4.79 Å². The Kier molecular flexibility index (Phi) is 7.36. The Balaban J connectivity index is 1.60. The molecule has 0 aromatic heterocycles. The van der Waals surface area contributed by atoms with Gasteiger partial charge in [0.2, 0.25) is 0 Å². The summed E-state index contributed by atoms with van der Waals surface area (Å²) in [5, 5.41) is 11.6. The molecule has 28 heavy (non-hydrogen) atoms. The van der Waals surface area contributed by atoms with E-state index in [-0.39, 0.29) is 11.5 Å². The molecule has 1 aromatic rings. The molecule has 0 spiro atoms. The molecule has 0 radical (unpaired) electrons. The van der Waals surface area contributed by atoms with Gasteiger partial charge in [0.25, 0.3) is 5.91 Å². The van der Waals surface area contributed by atoms with Crippen molar-refractivity contribution in [3.63, 3.8) is 0 Å². The normalized spacial score (nSPS) is 14.5. The van der Waals surface area contributed by atoms with Crippen molar-refractivity contribution in [3.8, 4) is 0 Å². The van der Waals surface area contributed by atoms with Gasteiger partial charge in [-0.3, -0.25) is 4.79 Å². The highest BCUT2D eigenvalue weighted by Gasteiger charge is 2.65. The number of rotatable bonds is 11. The van der Waals surface area contributed by atoms with Crippen LogP contribution in [0.3, 0.4) is 0 Å². The maximum atomic E-state index is 12.9. The van der Waals surface area contributed by atoms with Gasteiger partial charge in [-0.15, -0.1) is 10.2 Å². The third-order valence-corrected chi connectivity index (χ3v) is 4.43. The summed E-state index contributed by atoms with van der Waals surface area (Å²) in [4.78, 5) is 22.5. The number of amides is 3. The van der Waals surface area contributed by atoms with E-state index in [1.165, 1.54) is 24.3 Å². The van der Waals surface area contributed by atoms with Gasteiger partial charge in [0.1, 0.15) is 0 Å². The van der Waals surface area contributed by atoms with E-state index < -0.39 is 17.9 Å². The van der Waals surface area contributed by atoms with Crippen LogP contribution in [-0.4, -0.2) is 31.2 Å². The second-order valence-electron chi connectivity index (χ2n) is 6.62. The van der Waals surface area contributed by atoms with E-state index in [9.17, 15) is 22.8 Å². The molecular formula is C18H24F3N5O2. The molecule has 0 unspecified atom stereocenters. The molecule has 10 heteroatoms. The van der Waals surface area contributed by atoms with Gasteiger partial charge in [0.15, 0.2) is 0 Å². The summed E-state index contributed by atoms with van der Waals surface area (Å²) in [6, 6.07) is 4.65. The van der Waals surface area contributed by atoms with Crippen LogP contribution in [0.2, 0.25) is 0 Å². The first-order chi connectivity index (χ1) is 13.3. The summed E-state index contributed by atoms with van der Waals surface area (Å²) in [6.07, 6.45) is 1.14. The Morgan fingerprint density at radius 2 is 1.39 bits per heavy atom. The van der Waals surface area contributed by atoms with E-state index in [1.54, 1.807) is 0 Å². The lowest BCUT2D eigenvalue weighted by molar-refractivity contribution is -0.166. The van der Waals surface area contributed by atoms with Gasteiger partial charge >= 0.3 is 17.9 Å². The molecule has 0 saturated heterocycles. The Morgan fingerprint density at radius 1 is 0.893 bits per heavy atom. The van der Waals surface area contributed by atoms with Crippen molar-refractivity contribution in [2.45, 2.75) is 50.4 Å². The zero-order valence-corrected chi connectivity index (χ0v) is 15.4. The molecule has 1 aromatic carbocycles. The fourth-order valence-corrected chi connectivity index (χ4v) is 2.77. The van der Waals surface area contributed by atoms with Crippen LogP contribution in [0.4, 0.5) is 18.0 Å². The lowest BCUT2D eigenvalue weighted by Gasteiger charge is -2.15. The number of halogens is 3. The molecule has 4 N–H and O–H groups in total. The first-order valence-corrected chi connectivity index (χ1v) is 9.19. The van der Waals surface area contributed by atoms with Crippen LogP contribution in [0.1, 0.15) is 54.4 Å². The van der Waals surface area contributed by atoms with E-state index in [1.807, 2.05) is 0 Å². The van der Waals surface area contributed by atoms with Gasteiger partial charge < -0.3 is 16.4 Å². The average molecular weight is 399 g/mol. The van der Waals surface area contributed by atoms with Crippen molar-refractivity contribution in [1.82, 2.24) is 10.6 Å². The summed E-state index contributed by atoms with van der Waals surface area (Å²) < 4.78 is 38.8. The molecule has 1 heterocycles. The molecule has 7 nitrogen and oxygen atoms in total. The standard InChI is InChI=1S/C18H24F3N5O2/c19-18(20,21)17(25-26-17)14-9-7-13(8-10-14)15(27)23-11-5-3-1-2-4-6-12-24-16(22)28/h7-10H,1-6,11-12H2,(H,23,27)(H3,22,24,28). The van der Waals surface area contributed by atoms with Crippen molar-refractivity contribution >= 4 is 11.9 Å². The molecule has 1 aliphatic rings. The van der Waals surface area contributed by atoms with Crippen LogP contribution >= 0.6 is 0 Å². The van der Waals surface area contributed by atoms with Crippen molar-refractivity contribution in [1.29, 1.82) is 0 Å². The number of benzene rings is 1. The summed E-state index contributed by atoms with van der Waals surface area (Å²) in [6.45, 7) is 1.08. The fourth-order valence-electron chi connectivity index (χ4n) is 2.77. The summed E-state index contributed by atoms with van der Waals surface area (Å²) in [7, 11) is 0. The molecule has 0 atom stereocenters. The van der Waals surface area contributed by atoms with Gasteiger partial charge in [-0.05, 0) is 25.0 Å². The van der Waals surface area contributed by atoms with Crippen molar-refractivity contribution in [3.05, 3.63) is 35.4 Å². The van der Waals surface area contributed by atoms with Gasteiger partial charge in [-0.2, -0.15) is 13.2 Å². The van der Waals surface area contributed by atoms with Gasteiger partial charge in [-0.1, -0.05) is 37.8 Å². The second-order valence-corrected chi connectivity index (χ2v) is 6.62. The Morgan fingerprint density at radius 3 is 1.86 bits per heavy atom. The second kappa shape index (κ2) is 9.52. The number of nitrogens with one attached hydrogen (secondary N) is 2. The van der Waals surface area contributed by atoms with E-state index >= 15 is 0 Å². The number of urea groups is 1. The van der Waals surface area contributed by atoms with E-state index in [4.69, 9.17) is 5.73 Å². The predicted molar refractivity (Wildman–Crippen MR) is 96.7 cm³/mol. The zero-order chi connectivity index (χ0) is 20.6. The topological polar surface area (TPSA) is 109 Å². The third-order valence-electron chi connectivity index (χ3n) is 4.43. The number of alkyl halides is 3. The predicted octanol–water partition coefficient (Wildman–Crippen LogP) is 3.61. The van der Waals surface area contributed by atoms with Crippen LogP contribution in [0, 0.1) is 0 Å². The van der Waals surface area contributed by atoms with E-state index in [0.29, 0.717) is 18.7 Å². The molecule has 0 aliphatic carbocycles. The zero-order valence-electron chi connectivity index (χ0n) is 15.4. The summed E-state index contributed by atoms with van der Waals surface area (Å²) >= 11 is 0. The quantitative estimate of drug-likeness (QED) is 0.494. The Labute approximate surface area is 161 Å². The number of primary amides is 1. The fraction of sp³-hybridized carbons (Fsp3) is 0.556. The Hall–Kier alpha value is -2.65. The summed E-state index contributed by atoms with van der Waals surface area (Å²) in [5.74, 6) is -0.324. The van der Waals surface area contributed by atoms with Crippen molar-refractivity contribution in [2.75, 3.05) is 13.1 Å². The molecule has 3 amide bonds. The molecule has 0 saturated carbocycles. The molecule has 154 valence electrons. The number of nitrogens with zero attached hydrogens (tertiary/aromatic N) is 2. The molecule has 1 aliphatic heterocycles. The minimum Gasteiger partial charge on any atom is -0.352 e. The number of carbonyl (C=O) groups excluding carboxylic acids is 2. The third kappa shape index (κ3) is 5.93. The Bertz CT molecular complexity index is 698. The maximum Gasteiger partial charge on any atom is 0.442 e. The van der Waals surface area contributed by atoms with Crippen molar-refractivity contribution < 1.29 is 22.8 Å². The lowest BCUT2D eigenvalue weighted by Crippen LogP contribution is -2.30. The van der Waals surface area contributed by atoms with Gasteiger partial charge in [0, 0.05) is 24.2 Å². The molecule has 2 rings (SSSR count). The first-order valence-electron chi connectivity index (χ1n) is 9.19. The SMILES string of the molecule is NC(=O)NCCCCCCCCNC(=O)c1ccc(C2(C(F)(F)F)N=N2)cc1. The number of hydrogen-bond acceptors (Lipinski definition) is 4. The number of unbranched alkanes of at least 4 members (excludes halogenated alkanes) is 5. The van der Waals surface area contributed by atoms with E-state index in [0.717, 1.165) is 38.5 Å². The minimum atomic E-state index is -4.57. The van der Waals surface area contributed by atoms with Crippen LogP contribution in [-0.2, 0) is 5.66 Å². The molecule has 0 fully saturated rings. The monoisotopic (exact) mass is 399 g/mol. The van der Waals surface area contributed by atoms with Crippen molar-refractivity contribution in [2.24, 2.45) is 16.0 Å². The maximum absolute atomic E-state index is 12.9. The van der Waals surface area contributed by atoms with Crippen LogP contribution in [0.25, 0.3) is 0 Å². The van der Waals surface area contributed by atoms with Crippen LogP contribution in [0.5, 0.6) is 0 Å². The average Bonchev–Trinajstić information content (AvgIpc) is 3.45. The minimum absolute atomic E-state index is 0.0948. The van der Waals surface area contributed by atoms with Crippen LogP contribution in [0.15, 0.2) is 34.5 Å². The highest BCUT2D eigenvalue weighted by molar-refractivity contribution is 5.94. The van der Waals surface area contributed by atoms with Crippen LogP contribution < -0.4 is 16.4 Å².